The number of rotatable bonds is 3. The standard InChI is InChI=1S/C17H27N3/c1-13-11-14(7-9-18)3-6-17(13)20-10-8-15-4-5-16(12-20)19(15)2/h3,6,11,15-16H,4-5,7-10,12,18H2,1-2H3. The zero-order chi connectivity index (χ0) is 14.1. The lowest BCUT2D eigenvalue weighted by Gasteiger charge is -2.29. The molecule has 2 aliphatic rings. The predicted octanol–water partition coefficient (Wildman–Crippen LogP) is 2.17. The van der Waals surface area contributed by atoms with E-state index in [9.17, 15) is 0 Å². The Labute approximate surface area is 122 Å². The summed E-state index contributed by atoms with van der Waals surface area (Å²) in [6.45, 7) is 5.35. The summed E-state index contributed by atoms with van der Waals surface area (Å²) in [5.74, 6) is 0. The number of hydrogen-bond acceptors (Lipinski definition) is 3. The molecule has 0 spiro atoms. The van der Waals surface area contributed by atoms with Crippen molar-refractivity contribution in [2.45, 2.75) is 44.7 Å². The van der Waals surface area contributed by atoms with Gasteiger partial charge in [-0.2, -0.15) is 0 Å². The molecule has 2 aliphatic heterocycles. The van der Waals surface area contributed by atoms with E-state index in [2.05, 4.69) is 42.0 Å². The van der Waals surface area contributed by atoms with Crippen molar-refractivity contribution < 1.29 is 0 Å². The summed E-state index contributed by atoms with van der Waals surface area (Å²) in [6, 6.07) is 8.42. The molecule has 3 heteroatoms. The molecule has 2 N–H and O–H groups in total. The third-order valence-electron chi connectivity index (χ3n) is 5.18. The molecule has 0 saturated carbocycles. The van der Waals surface area contributed by atoms with Gasteiger partial charge >= 0.3 is 0 Å². The van der Waals surface area contributed by atoms with Crippen LogP contribution in [0.1, 0.15) is 30.4 Å². The number of hydrogen-bond donors (Lipinski definition) is 1. The molecule has 2 atom stereocenters. The van der Waals surface area contributed by atoms with E-state index in [0.717, 1.165) is 25.0 Å². The molecular weight excluding hydrogens is 246 g/mol. The molecule has 2 bridgehead atoms. The van der Waals surface area contributed by atoms with E-state index in [-0.39, 0.29) is 0 Å². The number of nitrogens with zero attached hydrogens (tertiary/aromatic N) is 2. The van der Waals surface area contributed by atoms with Crippen LogP contribution in [0.3, 0.4) is 0 Å². The van der Waals surface area contributed by atoms with Crippen molar-refractivity contribution in [3.63, 3.8) is 0 Å². The molecule has 2 unspecified atom stereocenters. The maximum atomic E-state index is 5.65. The Hall–Kier alpha value is -1.06. The molecule has 0 aliphatic carbocycles. The highest BCUT2D eigenvalue weighted by Gasteiger charge is 2.34. The first kappa shape index (κ1) is 13.9. The molecule has 2 fully saturated rings. The highest BCUT2D eigenvalue weighted by Crippen LogP contribution is 2.32. The van der Waals surface area contributed by atoms with Crippen LogP contribution < -0.4 is 10.6 Å². The lowest BCUT2D eigenvalue weighted by molar-refractivity contribution is 0.254. The van der Waals surface area contributed by atoms with Crippen molar-refractivity contribution in [3.05, 3.63) is 29.3 Å². The minimum absolute atomic E-state index is 0.733. The summed E-state index contributed by atoms with van der Waals surface area (Å²) in [4.78, 5) is 5.21. The van der Waals surface area contributed by atoms with Crippen LogP contribution in [-0.4, -0.2) is 43.7 Å². The zero-order valence-corrected chi connectivity index (χ0v) is 12.8. The van der Waals surface area contributed by atoms with E-state index in [1.807, 2.05) is 0 Å². The molecular formula is C17H27N3. The maximum Gasteiger partial charge on any atom is 0.0396 e. The Morgan fingerprint density at radius 3 is 2.75 bits per heavy atom. The molecule has 3 rings (SSSR count). The number of anilines is 1. The summed E-state index contributed by atoms with van der Waals surface area (Å²) < 4.78 is 0. The first-order valence-corrected chi connectivity index (χ1v) is 7.95. The van der Waals surface area contributed by atoms with Gasteiger partial charge in [0, 0.05) is 30.9 Å². The summed E-state index contributed by atoms with van der Waals surface area (Å²) in [5, 5.41) is 0. The number of fused-ring (bicyclic) bond motifs is 2. The molecule has 2 saturated heterocycles. The summed E-state index contributed by atoms with van der Waals surface area (Å²) in [5.41, 5.74) is 9.84. The number of aryl methyl sites for hydroxylation is 1. The molecule has 0 radical (unpaired) electrons. The third kappa shape index (κ3) is 2.57. The van der Waals surface area contributed by atoms with E-state index >= 15 is 0 Å². The Morgan fingerprint density at radius 1 is 1.20 bits per heavy atom. The van der Waals surface area contributed by atoms with Crippen molar-refractivity contribution in [1.29, 1.82) is 0 Å². The van der Waals surface area contributed by atoms with E-state index in [4.69, 9.17) is 5.73 Å². The second-order valence-electron chi connectivity index (χ2n) is 6.44. The van der Waals surface area contributed by atoms with Gasteiger partial charge in [0.25, 0.3) is 0 Å². The first-order valence-electron chi connectivity index (χ1n) is 7.95. The predicted molar refractivity (Wildman–Crippen MR) is 85.3 cm³/mol. The second kappa shape index (κ2) is 5.74. The second-order valence-corrected chi connectivity index (χ2v) is 6.44. The molecule has 3 nitrogen and oxygen atoms in total. The Kier molecular flexibility index (Phi) is 3.99. The van der Waals surface area contributed by atoms with Gasteiger partial charge in [-0.05, 0) is 63.4 Å². The lowest BCUT2D eigenvalue weighted by Crippen LogP contribution is -2.36. The minimum atomic E-state index is 0.733. The highest BCUT2D eigenvalue weighted by molar-refractivity contribution is 5.55. The van der Waals surface area contributed by atoms with Crippen molar-refractivity contribution in [2.24, 2.45) is 5.73 Å². The van der Waals surface area contributed by atoms with Crippen molar-refractivity contribution >= 4 is 5.69 Å². The van der Waals surface area contributed by atoms with E-state index in [1.165, 1.54) is 49.2 Å². The van der Waals surface area contributed by atoms with Gasteiger partial charge in [-0.25, -0.2) is 0 Å². The van der Waals surface area contributed by atoms with Crippen LogP contribution in [-0.2, 0) is 6.42 Å². The van der Waals surface area contributed by atoms with Crippen LogP contribution in [0, 0.1) is 6.92 Å². The Balaban J connectivity index is 1.79. The number of nitrogens with two attached hydrogens (primary N) is 1. The van der Waals surface area contributed by atoms with Crippen LogP contribution in [0.4, 0.5) is 5.69 Å². The molecule has 20 heavy (non-hydrogen) atoms. The molecule has 1 aromatic carbocycles. The molecule has 0 amide bonds. The minimum Gasteiger partial charge on any atom is -0.370 e. The van der Waals surface area contributed by atoms with Crippen LogP contribution in [0.5, 0.6) is 0 Å². The fourth-order valence-electron chi connectivity index (χ4n) is 3.92. The molecule has 0 aromatic heterocycles. The van der Waals surface area contributed by atoms with Gasteiger partial charge in [0.2, 0.25) is 0 Å². The van der Waals surface area contributed by atoms with Gasteiger partial charge in [-0.1, -0.05) is 12.1 Å². The zero-order valence-electron chi connectivity index (χ0n) is 12.8. The maximum absolute atomic E-state index is 5.65. The van der Waals surface area contributed by atoms with Crippen LogP contribution in [0.15, 0.2) is 18.2 Å². The van der Waals surface area contributed by atoms with Gasteiger partial charge in [0.1, 0.15) is 0 Å². The molecule has 1 aromatic rings. The SMILES string of the molecule is Cc1cc(CCN)ccc1N1CCC2CCC(C1)N2C. The summed E-state index contributed by atoms with van der Waals surface area (Å²) in [6.07, 6.45) is 5.04. The van der Waals surface area contributed by atoms with Crippen molar-refractivity contribution in [2.75, 3.05) is 31.6 Å². The number of benzene rings is 1. The Bertz CT molecular complexity index is 471. The first-order chi connectivity index (χ1) is 9.69. The van der Waals surface area contributed by atoms with Gasteiger partial charge in [0.15, 0.2) is 0 Å². The van der Waals surface area contributed by atoms with Gasteiger partial charge < -0.3 is 10.6 Å². The van der Waals surface area contributed by atoms with E-state index < -0.39 is 0 Å². The average Bonchev–Trinajstić information content (AvgIpc) is 2.65. The van der Waals surface area contributed by atoms with Gasteiger partial charge in [-0.3, -0.25) is 4.90 Å². The average molecular weight is 273 g/mol. The lowest BCUT2D eigenvalue weighted by atomic mass is 10.0. The fourth-order valence-corrected chi connectivity index (χ4v) is 3.92. The quantitative estimate of drug-likeness (QED) is 0.916. The summed E-state index contributed by atoms with van der Waals surface area (Å²) >= 11 is 0. The van der Waals surface area contributed by atoms with Crippen LogP contribution >= 0.6 is 0 Å². The van der Waals surface area contributed by atoms with Crippen molar-refractivity contribution in [1.82, 2.24) is 4.90 Å². The smallest absolute Gasteiger partial charge is 0.0396 e. The Morgan fingerprint density at radius 2 is 2.00 bits per heavy atom. The van der Waals surface area contributed by atoms with Crippen LogP contribution in [0.2, 0.25) is 0 Å². The van der Waals surface area contributed by atoms with E-state index in [1.54, 1.807) is 0 Å². The third-order valence-corrected chi connectivity index (χ3v) is 5.18. The largest absolute Gasteiger partial charge is 0.370 e. The normalized spacial score (nSPS) is 26.9. The monoisotopic (exact) mass is 273 g/mol. The van der Waals surface area contributed by atoms with Crippen LogP contribution in [0.25, 0.3) is 0 Å². The molecule has 110 valence electrons. The van der Waals surface area contributed by atoms with E-state index in [0.29, 0.717) is 0 Å². The topological polar surface area (TPSA) is 32.5 Å². The number of likely N-dealkylation sites (N-methyl/N-ethyl adjacent to an activating group) is 1. The summed E-state index contributed by atoms with van der Waals surface area (Å²) in [7, 11) is 2.31. The van der Waals surface area contributed by atoms with Gasteiger partial charge in [-0.15, -0.1) is 0 Å². The molecule has 2 heterocycles. The highest BCUT2D eigenvalue weighted by atomic mass is 15.3. The fraction of sp³-hybridized carbons (Fsp3) is 0.647. The van der Waals surface area contributed by atoms with Crippen molar-refractivity contribution in [3.8, 4) is 0 Å². The van der Waals surface area contributed by atoms with Gasteiger partial charge in [0.05, 0.1) is 0 Å².